The summed E-state index contributed by atoms with van der Waals surface area (Å²) in [6.45, 7) is 3.44. The second-order valence-corrected chi connectivity index (χ2v) is 5.15. The fourth-order valence-corrected chi connectivity index (χ4v) is 2.24. The van der Waals surface area contributed by atoms with Crippen molar-refractivity contribution in [2.75, 3.05) is 18.5 Å². The maximum absolute atomic E-state index is 3.06. The maximum Gasteiger partial charge on any atom is 0.0364 e. The normalized spacial score (nSPS) is 10.6. The van der Waals surface area contributed by atoms with E-state index < -0.39 is 0 Å². The molecule has 0 atom stereocenters. The van der Waals surface area contributed by atoms with Gasteiger partial charge in [0.25, 0.3) is 0 Å². The first-order valence-corrected chi connectivity index (χ1v) is 7.52. The van der Waals surface area contributed by atoms with E-state index in [2.05, 4.69) is 37.1 Å². The van der Waals surface area contributed by atoms with Gasteiger partial charge in [0.1, 0.15) is 0 Å². The molecule has 18 heavy (non-hydrogen) atoms. The molecule has 0 aliphatic carbocycles. The molecule has 0 N–H and O–H groups in total. The van der Waals surface area contributed by atoms with Crippen molar-refractivity contribution in [1.82, 2.24) is 0 Å². The van der Waals surface area contributed by atoms with Crippen molar-refractivity contribution in [3.05, 3.63) is 30.3 Å². The first-order valence-electron chi connectivity index (χ1n) is 7.52. The zero-order valence-electron chi connectivity index (χ0n) is 12.1. The largest absolute Gasteiger partial charge is 0.375 e. The Morgan fingerprint density at radius 1 is 0.889 bits per heavy atom. The van der Waals surface area contributed by atoms with E-state index in [0.717, 1.165) is 0 Å². The minimum atomic E-state index is 1.17. The summed E-state index contributed by atoms with van der Waals surface area (Å²) in [5.41, 5.74) is 1.30. The molecule has 0 unspecified atom stereocenters. The number of hydrogen-bond acceptors (Lipinski definition) is 1. The molecule has 0 aromatic heterocycles. The van der Waals surface area contributed by atoms with Crippen LogP contribution in [0.15, 0.2) is 24.3 Å². The van der Waals surface area contributed by atoms with Crippen molar-refractivity contribution in [1.29, 1.82) is 0 Å². The Morgan fingerprint density at radius 3 is 2.06 bits per heavy atom. The lowest BCUT2D eigenvalue weighted by atomic mass is 10.1. The average Bonchev–Trinajstić information content (AvgIpc) is 2.42. The van der Waals surface area contributed by atoms with E-state index >= 15 is 0 Å². The van der Waals surface area contributed by atoms with E-state index in [1.807, 2.05) is 12.1 Å². The summed E-state index contributed by atoms with van der Waals surface area (Å²) < 4.78 is 0. The van der Waals surface area contributed by atoms with E-state index in [4.69, 9.17) is 0 Å². The summed E-state index contributed by atoms with van der Waals surface area (Å²) in [5, 5.41) is 0. The molecule has 0 saturated heterocycles. The first kappa shape index (κ1) is 15.1. The fourth-order valence-electron chi connectivity index (χ4n) is 2.24. The van der Waals surface area contributed by atoms with Gasteiger partial charge >= 0.3 is 0 Å². The third kappa shape index (κ3) is 6.68. The molecule has 0 amide bonds. The van der Waals surface area contributed by atoms with Crippen LogP contribution in [0, 0.1) is 6.07 Å². The summed E-state index contributed by atoms with van der Waals surface area (Å²) in [6.07, 6.45) is 11.1. The first-order chi connectivity index (χ1) is 8.84. The average molecular weight is 246 g/mol. The smallest absolute Gasteiger partial charge is 0.0364 e. The van der Waals surface area contributed by atoms with Gasteiger partial charge in [0.15, 0.2) is 0 Å². The molecule has 1 radical (unpaired) electrons. The van der Waals surface area contributed by atoms with Gasteiger partial charge in [0, 0.05) is 19.3 Å². The van der Waals surface area contributed by atoms with Gasteiger partial charge in [-0.2, -0.15) is 0 Å². The summed E-state index contributed by atoms with van der Waals surface area (Å²) in [4.78, 5) is 2.34. The third-order valence-corrected chi connectivity index (χ3v) is 3.49. The number of rotatable bonds is 10. The van der Waals surface area contributed by atoms with Crippen LogP contribution in [0.4, 0.5) is 5.69 Å². The highest BCUT2D eigenvalue weighted by molar-refractivity contribution is 5.44. The number of anilines is 1. The fraction of sp³-hybridized carbons (Fsp3) is 0.647. The zero-order valence-corrected chi connectivity index (χ0v) is 12.1. The van der Waals surface area contributed by atoms with Crippen LogP contribution < -0.4 is 4.90 Å². The van der Waals surface area contributed by atoms with Crippen molar-refractivity contribution < 1.29 is 0 Å². The summed E-state index contributed by atoms with van der Waals surface area (Å²) in [7, 11) is 2.18. The number of nitrogens with zero attached hydrogens (tertiary/aromatic N) is 1. The van der Waals surface area contributed by atoms with Gasteiger partial charge in [-0.25, -0.2) is 0 Å². The third-order valence-electron chi connectivity index (χ3n) is 3.49. The van der Waals surface area contributed by atoms with Gasteiger partial charge in [0.2, 0.25) is 0 Å². The van der Waals surface area contributed by atoms with Crippen molar-refractivity contribution >= 4 is 5.69 Å². The second kappa shape index (κ2) is 9.99. The van der Waals surface area contributed by atoms with Crippen LogP contribution in [0.1, 0.15) is 58.3 Å². The van der Waals surface area contributed by atoms with Gasteiger partial charge in [-0.1, -0.05) is 64.0 Å². The van der Waals surface area contributed by atoms with Gasteiger partial charge in [-0.3, -0.25) is 0 Å². The highest BCUT2D eigenvalue weighted by Gasteiger charge is 1.99. The van der Waals surface area contributed by atoms with Gasteiger partial charge < -0.3 is 4.90 Å². The Morgan fingerprint density at radius 2 is 1.44 bits per heavy atom. The Bertz CT molecular complexity index is 281. The standard InChI is InChI=1S/C17H28N/c1-3-4-5-6-7-8-9-13-16-18(2)17-14-11-10-12-15-17/h11-12,14-15H,3-9,13,16H2,1-2H3. The lowest BCUT2D eigenvalue weighted by molar-refractivity contribution is 0.575. The van der Waals surface area contributed by atoms with Crippen LogP contribution in [0.2, 0.25) is 0 Å². The molecule has 0 heterocycles. The minimum Gasteiger partial charge on any atom is -0.375 e. The molecule has 0 aliphatic heterocycles. The predicted octanol–water partition coefficient (Wildman–Crippen LogP) is 5.06. The SMILES string of the molecule is CCCCCCCCCCN(C)c1cc[c]cc1. The van der Waals surface area contributed by atoms with E-state index in [-0.39, 0.29) is 0 Å². The molecule has 0 fully saturated rings. The Balaban J connectivity index is 1.98. The molecular formula is C17H28N. The molecule has 0 saturated carbocycles. The lowest BCUT2D eigenvalue weighted by Crippen LogP contribution is -2.18. The van der Waals surface area contributed by atoms with Gasteiger partial charge in [-0.15, -0.1) is 0 Å². The predicted molar refractivity (Wildman–Crippen MR) is 81.2 cm³/mol. The monoisotopic (exact) mass is 246 g/mol. The number of benzene rings is 1. The molecule has 101 valence electrons. The van der Waals surface area contributed by atoms with Crippen LogP contribution in [0.25, 0.3) is 0 Å². The second-order valence-electron chi connectivity index (χ2n) is 5.15. The van der Waals surface area contributed by atoms with Crippen molar-refractivity contribution in [3.8, 4) is 0 Å². The van der Waals surface area contributed by atoms with E-state index in [1.165, 1.54) is 63.6 Å². The number of unbranched alkanes of at least 4 members (excludes halogenated alkanes) is 7. The van der Waals surface area contributed by atoms with Crippen LogP contribution in [0.5, 0.6) is 0 Å². The molecule has 1 heteroatoms. The molecular weight excluding hydrogens is 218 g/mol. The zero-order chi connectivity index (χ0) is 13.1. The lowest BCUT2D eigenvalue weighted by Gasteiger charge is -2.18. The molecule has 0 aliphatic rings. The minimum absolute atomic E-state index is 1.17. The van der Waals surface area contributed by atoms with Crippen molar-refractivity contribution in [2.45, 2.75) is 58.3 Å². The van der Waals surface area contributed by atoms with E-state index in [1.54, 1.807) is 0 Å². The maximum atomic E-state index is 3.06. The van der Waals surface area contributed by atoms with Crippen LogP contribution >= 0.6 is 0 Å². The van der Waals surface area contributed by atoms with Crippen LogP contribution in [0.3, 0.4) is 0 Å². The van der Waals surface area contributed by atoms with Crippen LogP contribution in [-0.4, -0.2) is 13.6 Å². The topological polar surface area (TPSA) is 3.24 Å². The molecule has 0 spiro atoms. The van der Waals surface area contributed by atoms with E-state index in [9.17, 15) is 0 Å². The molecule has 1 rings (SSSR count). The molecule has 1 nitrogen and oxygen atoms in total. The Hall–Kier alpha value is -0.980. The molecule has 1 aromatic rings. The summed E-state index contributed by atoms with van der Waals surface area (Å²) in [6, 6.07) is 11.3. The van der Waals surface area contributed by atoms with E-state index in [0.29, 0.717) is 0 Å². The quantitative estimate of drug-likeness (QED) is 0.521. The van der Waals surface area contributed by atoms with Crippen molar-refractivity contribution in [3.63, 3.8) is 0 Å². The van der Waals surface area contributed by atoms with Gasteiger partial charge in [-0.05, 0) is 24.6 Å². The molecule has 1 aromatic carbocycles. The highest BCUT2D eigenvalue weighted by atomic mass is 15.1. The van der Waals surface area contributed by atoms with Gasteiger partial charge in [0.05, 0.1) is 0 Å². The number of hydrogen-bond donors (Lipinski definition) is 0. The summed E-state index contributed by atoms with van der Waals surface area (Å²) in [5.74, 6) is 0. The van der Waals surface area contributed by atoms with Crippen LogP contribution in [-0.2, 0) is 0 Å². The Kier molecular flexibility index (Phi) is 8.37. The molecule has 0 bridgehead atoms. The highest BCUT2D eigenvalue weighted by Crippen LogP contribution is 2.13. The Labute approximate surface area is 113 Å². The van der Waals surface area contributed by atoms with Crippen molar-refractivity contribution in [2.24, 2.45) is 0 Å². The summed E-state index contributed by atoms with van der Waals surface area (Å²) >= 11 is 0.